The normalized spacial score (nSPS) is 16.7. The molecule has 0 fully saturated rings. The number of amides is 1. The highest BCUT2D eigenvalue weighted by Gasteiger charge is 2.27. The van der Waals surface area contributed by atoms with Gasteiger partial charge in [0.1, 0.15) is 4.90 Å². The second kappa shape index (κ2) is 6.75. The number of sulfonamides is 1. The van der Waals surface area contributed by atoms with Gasteiger partial charge in [-0.3, -0.25) is 4.79 Å². The summed E-state index contributed by atoms with van der Waals surface area (Å²) in [6, 6.07) is 12.0. The number of benzene rings is 2. The molecule has 4 nitrogen and oxygen atoms in total. The highest BCUT2D eigenvalue weighted by atomic mass is 35.5. The zero-order chi connectivity index (χ0) is 17.3. The predicted octanol–water partition coefficient (Wildman–Crippen LogP) is 3.92. The minimum atomic E-state index is -4.05. The summed E-state index contributed by atoms with van der Waals surface area (Å²) >= 11 is 11.7. The van der Waals surface area contributed by atoms with Gasteiger partial charge in [0.2, 0.25) is 5.91 Å². The number of hydrogen-bond acceptors (Lipinski definition) is 3. The number of aryl methyl sites for hydroxylation is 1. The molecule has 1 amide bonds. The van der Waals surface area contributed by atoms with Crippen molar-refractivity contribution in [2.75, 3.05) is 0 Å². The Bertz CT molecular complexity index is 896. The number of fused-ring (bicyclic) bond motifs is 1. The lowest BCUT2D eigenvalue weighted by Gasteiger charge is -2.13. The molecule has 3 rings (SSSR count). The second-order valence-electron chi connectivity index (χ2n) is 5.74. The van der Waals surface area contributed by atoms with E-state index >= 15 is 0 Å². The molecule has 0 heterocycles. The lowest BCUT2D eigenvalue weighted by atomic mass is 9.98. The third-order valence-electron chi connectivity index (χ3n) is 4.12. The fourth-order valence-electron chi connectivity index (χ4n) is 3.01. The summed E-state index contributed by atoms with van der Waals surface area (Å²) in [5, 5.41) is 0.253. The minimum Gasteiger partial charge on any atom is -0.274 e. The summed E-state index contributed by atoms with van der Waals surface area (Å²) in [7, 11) is -4.05. The first-order valence-electron chi connectivity index (χ1n) is 7.45. The maximum absolute atomic E-state index is 12.4. The first-order chi connectivity index (χ1) is 11.4. The van der Waals surface area contributed by atoms with E-state index in [4.69, 9.17) is 23.2 Å². The third-order valence-corrected chi connectivity index (χ3v) is 6.21. The van der Waals surface area contributed by atoms with Crippen LogP contribution >= 0.6 is 23.2 Å². The van der Waals surface area contributed by atoms with Crippen LogP contribution in [0, 0.1) is 0 Å². The van der Waals surface area contributed by atoms with E-state index in [0.717, 1.165) is 18.4 Å². The van der Waals surface area contributed by atoms with Crippen molar-refractivity contribution in [3.8, 4) is 0 Å². The number of rotatable bonds is 4. The van der Waals surface area contributed by atoms with Crippen LogP contribution in [-0.4, -0.2) is 14.3 Å². The Morgan fingerprint density at radius 3 is 2.71 bits per heavy atom. The van der Waals surface area contributed by atoms with Crippen molar-refractivity contribution in [3.05, 3.63) is 63.6 Å². The van der Waals surface area contributed by atoms with Gasteiger partial charge in [0, 0.05) is 11.4 Å². The van der Waals surface area contributed by atoms with Crippen LogP contribution in [0.5, 0.6) is 0 Å². The summed E-state index contributed by atoms with van der Waals surface area (Å²) in [6.07, 6.45) is 1.86. The van der Waals surface area contributed by atoms with Crippen LogP contribution in [0.2, 0.25) is 10.0 Å². The Morgan fingerprint density at radius 1 is 1.17 bits per heavy atom. The average molecular weight is 384 g/mol. The summed E-state index contributed by atoms with van der Waals surface area (Å²) in [5.74, 6) is -0.515. The topological polar surface area (TPSA) is 63.2 Å². The number of carbonyl (C=O) groups is 1. The smallest absolute Gasteiger partial charge is 0.265 e. The molecule has 1 aliphatic rings. The van der Waals surface area contributed by atoms with Gasteiger partial charge in [0.05, 0.1) is 5.02 Å². The monoisotopic (exact) mass is 383 g/mol. The molecule has 0 radical (unpaired) electrons. The molecule has 0 saturated carbocycles. The van der Waals surface area contributed by atoms with Gasteiger partial charge in [-0.05, 0) is 48.1 Å². The molecular weight excluding hydrogens is 369 g/mol. The zero-order valence-corrected chi connectivity index (χ0v) is 15.0. The van der Waals surface area contributed by atoms with E-state index in [0.29, 0.717) is 0 Å². The van der Waals surface area contributed by atoms with Crippen molar-refractivity contribution in [2.45, 2.75) is 30.1 Å². The molecule has 126 valence electrons. The maximum Gasteiger partial charge on any atom is 0.265 e. The summed E-state index contributed by atoms with van der Waals surface area (Å²) < 4.78 is 26.8. The molecule has 2 aromatic rings. The second-order valence-corrected chi connectivity index (χ2v) is 8.24. The molecule has 0 aromatic heterocycles. The van der Waals surface area contributed by atoms with Crippen molar-refractivity contribution < 1.29 is 13.2 Å². The lowest BCUT2D eigenvalue weighted by Crippen LogP contribution is -2.31. The van der Waals surface area contributed by atoms with Gasteiger partial charge in [0.25, 0.3) is 10.0 Å². The van der Waals surface area contributed by atoms with Gasteiger partial charge >= 0.3 is 0 Å². The van der Waals surface area contributed by atoms with Crippen molar-refractivity contribution >= 4 is 39.1 Å². The minimum absolute atomic E-state index is 0.0194. The molecule has 1 N–H and O–H groups in total. The molecule has 2 aromatic carbocycles. The van der Waals surface area contributed by atoms with Gasteiger partial charge in [0.15, 0.2) is 0 Å². The largest absolute Gasteiger partial charge is 0.274 e. The fraction of sp³-hybridized carbons (Fsp3) is 0.235. The Balaban J connectivity index is 1.74. The van der Waals surface area contributed by atoms with Crippen LogP contribution in [0.15, 0.2) is 47.4 Å². The van der Waals surface area contributed by atoms with Crippen LogP contribution in [0.25, 0.3) is 0 Å². The van der Waals surface area contributed by atoms with Crippen molar-refractivity contribution in [1.29, 1.82) is 0 Å². The summed E-state index contributed by atoms with van der Waals surface area (Å²) in [6.45, 7) is 0. The molecule has 0 spiro atoms. The van der Waals surface area contributed by atoms with E-state index < -0.39 is 15.9 Å². The molecule has 0 bridgehead atoms. The molecule has 24 heavy (non-hydrogen) atoms. The molecular formula is C17H15Cl2NO3S. The van der Waals surface area contributed by atoms with Gasteiger partial charge in [-0.2, -0.15) is 0 Å². The van der Waals surface area contributed by atoms with Crippen molar-refractivity contribution in [1.82, 2.24) is 4.72 Å². The molecule has 1 atom stereocenters. The first kappa shape index (κ1) is 17.3. The SMILES string of the molecule is O=C(CC1CCc2ccccc21)NS(=O)(=O)c1cc(Cl)ccc1Cl. The number of hydrogen-bond donors (Lipinski definition) is 1. The van der Waals surface area contributed by atoms with Gasteiger partial charge in [-0.15, -0.1) is 0 Å². The van der Waals surface area contributed by atoms with Gasteiger partial charge in [-0.25, -0.2) is 13.1 Å². The molecule has 1 aliphatic carbocycles. The first-order valence-corrected chi connectivity index (χ1v) is 9.69. The van der Waals surface area contributed by atoms with Gasteiger partial charge in [-0.1, -0.05) is 47.5 Å². The Morgan fingerprint density at radius 2 is 1.92 bits per heavy atom. The van der Waals surface area contributed by atoms with Crippen LogP contribution in [-0.2, 0) is 21.2 Å². The summed E-state index contributed by atoms with van der Waals surface area (Å²) in [5.41, 5.74) is 2.34. The highest BCUT2D eigenvalue weighted by molar-refractivity contribution is 7.90. The zero-order valence-electron chi connectivity index (χ0n) is 12.6. The Kier molecular flexibility index (Phi) is 4.85. The third kappa shape index (κ3) is 3.58. The molecule has 0 saturated heterocycles. The van der Waals surface area contributed by atoms with Gasteiger partial charge < -0.3 is 0 Å². The quantitative estimate of drug-likeness (QED) is 0.869. The van der Waals surface area contributed by atoms with E-state index in [1.54, 1.807) is 0 Å². The number of halogens is 2. The van der Waals surface area contributed by atoms with Crippen LogP contribution in [0.4, 0.5) is 0 Å². The number of nitrogens with one attached hydrogen (secondary N) is 1. The van der Waals surface area contributed by atoms with Crippen molar-refractivity contribution in [2.24, 2.45) is 0 Å². The Hall–Kier alpha value is -1.56. The molecule has 7 heteroatoms. The Labute approximate surface area is 150 Å². The van der Waals surface area contributed by atoms with Crippen LogP contribution in [0.1, 0.15) is 29.9 Å². The predicted molar refractivity (Wildman–Crippen MR) is 93.9 cm³/mol. The van der Waals surface area contributed by atoms with Crippen LogP contribution < -0.4 is 4.72 Å². The fourth-order valence-corrected chi connectivity index (χ4v) is 4.77. The van der Waals surface area contributed by atoms with E-state index in [1.807, 2.05) is 24.3 Å². The average Bonchev–Trinajstić information content (AvgIpc) is 2.92. The summed E-state index contributed by atoms with van der Waals surface area (Å²) in [4.78, 5) is 12.0. The van der Waals surface area contributed by atoms with E-state index in [-0.39, 0.29) is 27.3 Å². The van der Waals surface area contributed by atoms with E-state index in [1.165, 1.54) is 23.8 Å². The lowest BCUT2D eigenvalue weighted by molar-refractivity contribution is -0.119. The standard InChI is InChI=1S/C17H15Cl2NO3S/c18-13-7-8-15(19)16(10-13)24(22,23)20-17(21)9-12-6-5-11-3-1-2-4-14(11)12/h1-4,7-8,10,12H,5-6,9H2,(H,20,21). The highest BCUT2D eigenvalue weighted by Crippen LogP contribution is 2.35. The van der Waals surface area contributed by atoms with Crippen molar-refractivity contribution in [3.63, 3.8) is 0 Å². The molecule has 1 unspecified atom stereocenters. The van der Waals surface area contributed by atoms with Crippen LogP contribution in [0.3, 0.4) is 0 Å². The maximum atomic E-state index is 12.4. The van der Waals surface area contributed by atoms with E-state index in [2.05, 4.69) is 4.72 Å². The molecule has 0 aliphatic heterocycles. The number of carbonyl (C=O) groups excluding carboxylic acids is 1. The van der Waals surface area contributed by atoms with E-state index in [9.17, 15) is 13.2 Å².